The average molecular weight is 370 g/mol. The number of amides is 2. The van der Waals surface area contributed by atoms with Crippen LogP contribution in [-0.2, 0) is 21.2 Å². The summed E-state index contributed by atoms with van der Waals surface area (Å²) in [5.41, 5.74) is 1.78. The molecule has 2 amide bonds. The van der Waals surface area contributed by atoms with Crippen molar-refractivity contribution in [3.63, 3.8) is 0 Å². The maximum Gasteiger partial charge on any atom is 0.269 e. The Kier molecular flexibility index (Phi) is 3.48. The predicted molar refractivity (Wildman–Crippen MR) is 92.6 cm³/mol. The number of fused-ring (bicyclic) bond motifs is 2. The second kappa shape index (κ2) is 5.50. The van der Waals surface area contributed by atoms with Crippen molar-refractivity contribution in [3.05, 3.63) is 59.2 Å². The number of nitrogens with zero attached hydrogens (tertiary/aromatic N) is 2. The molecule has 8 heteroatoms. The van der Waals surface area contributed by atoms with Crippen LogP contribution in [0.15, 0.2) is 47.4 Å². The van der Waals surface area contributed by atoms with Gasteiger partial charge >= 0.3 is 0 Å². The van der Waals surface area contributed by atoms with Crippen molar-refractivity contribution in [2.24, 2.45) is 0 Å². The van der Waals surface area contributed by atoms with Crippen molar-refractivity contribution in [2.45, 2.75) is 11.3 Å². The Morgan fingerprint density at radius 2 is 1.85 bits per heavy atom. The minimum absolute atomic E-state index is 0.0708. The molecule has 0 bridgehead atoms. The van der Waals surface area contributed by atoms with Crippen LogP contribution in [0.3, 0.4) is 0 Å². The number of benzene rings is 2. The third kappa shape index (κ3) is 2.26. The zero-order valence-electron chi connectivity index (χ0n) is 13.8. The second-order valence-corrected chi connectivity index (χ2v) is 8.04. The van der Waals surface area contributed by atoms with Crippen LogP contribution in [0.1, 0.15) is 26.3 Å². The Morgan fingerprint density at radius 3 is 2.58 bits per heavy atom. The van der Waals surface area contributed by atoms with Gasteiger partial charge in [0, 0.05) is 18.3 Å². The highest BCUT2D eigenvalue weighted by Gasteiger charge is 2.41. The monoisotopic (exact) mass is 370 g/mol. The summed E-state index contributed by atoms with van der Waals surface area (Å²) in [5.74, 6) is -1.28. The van der Waals surface area contributed by atoms with Crippen molar-refractivity contribution < 1.29 is 22.8 Å². The van der Waals surface area contributed by atoms with Gasteiger partial charge in [0.15, 0.2) is 5.78 Å². The molecule has 132 valence electrons. The van der Waals surface area contributed by atoms with Gasteiger partial charge in [-0.2, -0.15) is 0 Å². The van der Waals surface area contributed by atoms with Crippen LogP contribution in [0.4, 0.5) is 5.69 Å². The lowest BCUT2D eigenvalue weighted by Crippen LogP contribution is -2.35. The molecule has 7 nitrogen and oxygen atoms in total. The van der Waals surface area contributed by atoms with E-state index in [2.05, 4.69) is 0 Å². The van der Waals surface area contributed by atoms with Crippen LogP contribution in [0.5, 0.6) is 0 Å². The third-order valence-corrected chi connectivity index (χ3v) is 6.46. The number of Topliss-reactive ketones (excluding diaryl/α,β-unsaturated/α-hetero) is 1. The summed E-state index contributed by atoms with van der Waals surface area (Å²) in [7, 11) is -2.37. The first-order valence-corrected chi connectivity index (χ1v) is 9.33. The van der Waals surface area contributed by atoms with Crippen LogP contribution in [-0.4, -0.2) is 43.9 Å². The summed E-state index contributed by atoms with van der Waals surface area (Å²) < 4.78 is 25.7. The van der Waals surface area contributed by atoms with Gasteiger partial charge in [-0.05, 0) is 35.9 Å². The summed E-state index contributed by atoms with van der Waals surface area (Å²) in [6.45, 7) is -0.571. The van der Waals surface area contributed by atoms with E-state index in [1.54, 1.807) is 25.2 Å². The molecule has 0 N–H and O–H groups in total. The van der Waals surface area contributed by atoms with Gasteiger partial charge in [0.05, 0.1) is 12.0 Å². The smallest absolute Gasteiger partial charge is 0.269 e. The van der Waals surface area contributed by atoms with E-state index < -0.39 is 28.3 Å². The lowest BCUT2D eigenvalue weighted by Gasteiger charge is -2.15. The molecule has 0 unspecified atom stereocenters. The molecule has 2 aromatic carbocycles. The Bertz CT molecular complexity index is 1090. The average Bonchev–Trinajstić information content (AvgIpc) is 3.01. The van der Waals surface area contributed by atoms with Gasteiger partial charge in [0.2, 0.25) is 5.91 Å². The molecule has 0 fully saturated rings. The molecule has 2 aliphatic rings. The van der Waals surface area contributed by atoms with Crippen LogP contribution in [0.2, 0.25) is 0 Å². The van der Waals surface area contributed by atoms with E-state index in [0.717, 1.165) is 5.69 Å². The zero-order chi connectivity index (χ0) is 18.6. The van der Waals surface area contributed by atoms with Crippen molar-refractivity contribution in [3.8, 4) is 0 Å². The molecule has 2 aliphatic heterocycles. The van der Waals surface area contributed by atoms with Gasteiger partial charge in [-0.15, -0.1) is 0 Å². The molecule has 0 spiro atoms. The molecule has 26 heavy (non-hydrogen) atoms. The quantitative estimate of drug-likeness (QED) is 0.758. The molecule has 0 aliphatic carbocycles. The van der Waals surface area contributed by atoms with E-state index in [0.29, 0.717) is 9.87 Å². The first-order valence-electron chi connectivity index (χ1n) is 7.89. The van der Waals surface area contributed by atoms with Crippen molar-refractivity contribution in [1.29, 1.82) is 0 Å². The van der Waals surface area contributed by atoms with Gasteiger partial charge in [0.25, 0.3) is 15.9 Å². The standard InChI is InChI=1S/C18H14N2O5S/c1-19-14-7-6-11(8-12(14)9-17(19)22)15(21)10-20-18(23)13-4-2-3-5-16(13)26(20,24)25/h2-8H,9-10H2,1H3. The molecule has 0 radical (unpaired) electrons. The molecule has 0 saturated heterocycles. The van der Waals surface area contributed by atoms with Gasteiger partial charge in [0.1, 0.15) is 11.4 Å². The van der Waals surface area contributed by atoms with E-state index in [1.165, 1.54) is 29.2 Å². The SMILES string of the molecule is CN1C(=O)Cc2cc(C(=O)CN3C(=O)c4ccccc4S3(=O)=O)ccc21. The maximum atomic E-state index is 12.6. The van der Waals surface area contributed by atoms with Crippen molar-refractivity contribution >= 4 is 33.3 Å². The van der Waals surface area contributed by atoms with Gasteiger partial charge in [-0.3, -0.25) is 14.4 Å². The fraction of sp³-hybridized carbons (Fsp3) is 0.167. The van der Waals surface area contributed by atoms with Gasteiger partial charge in [-0.1, -0.05) is 12.1 Å². The lowest BCUT2D eigenvalue weighted by atomic mass is 10.0. The first-order chi connectivity index (χ1) is 12.3. The number of hydrogen-bond donors (Lipinski definition) is 0. The molecule has 0 saturated carbocycles. The largest absolute Gasteiger partial charge is 0.315 e. The Morgan fingerprint density at radius 1 is 1.12 bits per heavy atom. The summed E-state index contributed by atoms with van der Waals surface area (Å²) in [6, 6.07) is 10.7. The zero-order valence-corrected chi connectivity index (χ0v) is 14.6. The molecular weight excluding hydrogens is 356 g/mol. The normalized spacial score (nSPS) is 17.4. The third-order valence-electron chi connectivity index (χ3n) is 4.68. The number of carbonyl (C=O) groups is 3. The lowest BCUT2D eigenvalue weighted by molar-refractivity contribution is -0.117. The minimum Gasteiger partial charge on any atom is -0.315 e. The van der Waals surface area contributed by atoms with E-state index in [9.17, 15) is 22.8 Å². The van der Waals surface area contributed by atoms with Crippen LogP contribution in [0, 0.1) is 0 Å². The van der Waals surface area contributed by atoms with Crippen LogP contribution >= 0.6 is 0 Å². The van der Waals surface area contributed by atoms with E-state index in [1.807, 2.05) is 0 Å². The number of sulfonamides is 1. The van der Waals surface area contributed by atoms with E-state index in [-0.39, 0.29) is 28.4 Å². The van der Waals surface area contributed by atoms with Crippen molar-refractivity contribution in [1.82, 2.24) is 4.31 Å². The predicted octanol–water partition coefficient (Wildman–Crippen LogP) is 1.23. The maximum absolute atomic E-state index is 12.6. The first kappa shape index (κ1) is 16.5. The van der Waals surface area contributed by atoms with Crippen LogP contribution < -0.4 is 4.90 Å². The highest BCUT2D eigenvalue weighted by Crippen LogP contribution is 2.31. The summed E-state index contributed by atoms with van der Waals surface area (Å²) >= 11 is 0. The fourth-order valence-corrected chi connectivity index (χ4v) is 4.78. The molecule has 2 aromatic rings. The van der Waals surface area contributed by atoms with Gasteiger partial charge < -0.3 is 4.90 Å². The Balaban J connectivity index is 1.63. The number of ketones is 1. The number of rotatable bonds is 3. The summed E-state index contributed by atoms with van der Waals surface area (Å²) in [5, 5.41) is 0. The molecular formula is C18H14N2O5S. The number of likely N-dealkylation sites (N-methyl/N-ethyl adjacent to an activating group) is 1. The summed E-state index contributed by atoms with van der Waals surface area (Å²) in [4.78, 5) is 38.2. The van der Waals surface area contributed by atoms with Gasteiger partial charge in [-0.25, -0.2) is 12.7 Å². The minimum atomic E-state index is -4.03. The number of hydrogen-bond acceptors (Lipinski definition) is 5. The molecule has 2 heterocycles. The summed E-state index contributed by atoms with van der Waals surface area (Å²) in [6.07, 6.45) is 0.194. The molecule has 4 rings (SSSR count). The number of carbonyl (C=O) groups excluding carboxylic acids is 3. The molecule has 0 aromatic heterocycles. The second-order valence-electron chi connectivity index (χ2n) is 6.21. The Labute approximate surface area is 149 Å². The highest BCUT2D eigenvalue weighted by molar-refractivity contribution is 7.90. The van der Waals surface area contributed by atoms with E-state index >= 15 is 0 Å². The van der Waals surface area contributed by atoms with E-state index in [4.69, 9.17) is 0 Å². The van der Waals surface area contributed by atoms with Crippen LogP contribution in [0.25, 0.3) is 0 Å². The highest BCUT2D eigenvalue weighted by atomic mass is 32.2. The van der Waals surface area contributed by atoms with Crippen molar-refractivity contribution in [2.75, 3.05) is 18.5 Å². The fourth-order valence-electron chi connectivity index (χ4n) is 3.25. The molecule has 0 atom stereocenters. The topological polar surface area (TPSA) is 91.8 Å². The number of anilines is 1. The Hall–Kier alpha value is -3.00.